The summed E-state index contributed by atoms with van der Waals surface area (Å²) in [6.07, 6.45) is -3.51. The molecule has 1 unspecified atom stereocenters. The highest BCUT2D eigenvalue weighted by Crippen LogP contribution is 2.40. The van der Waals surface area contributed by atoms with Gasteiger partial charge in [-0.1, -0.05) is 18.2 Å². The number of carbonyl (C=O) groups is 3. The number of alkyl halides is 3. The van der Waals surface area contributed by atoms with E-state index in [1.807, 2.05) is 0 Å². The third-order valence-corrected chi connectivity index (χ3v) is 6.63. The molecule has 0 aliphatic carbocycles. The van der Waals surface area contributed by atoms with Crippen LogP contribution in [0.2, 0.25) is 0 Å². The molecule has 3 rings (SSSR count). The third-order valence-electron chi connectivity index (χ3n) is 5.50. The second-order valence-corrected chi connectivity index (χ2v) is 9.97. The number of nitrogens with two attached hydrogens (primary N) is 2. The van der Waals surface area contributed by atoms with E-state index in [9.17, 15) is 36.0 Å². The van der Waals surface area contributed by atoms with Gasteiger partial charge in [0.25, 0.3) is 0 Å². The van der Waals surface area contributed by atoms with Gasteiger partial charge in [0.05, 0.1) is 10.5 Å². The molecule has 34 heavy (non-hydrogen) atoms. The van der Waals surface area contributed by atoms with Crippen molar-refractivity contribution in [2.45, 2.75) is 23.9 Å². The molecule has 12 heteroatoms. The summed E-state index contributed by atoms with van der Waals surface area (Å²) in [5.74, 6) is -3.05. The second-order valence-electron chi connectivity index (χ2n) is 7.96. The first-order valence-corrected chi connectivity index (χ1v) is 11.6. The Morgan fingerprint density at radius 3 is 2.21 bits per heavy atom. The summed E-state index contributed by atoms with van der Waals surface area (Å²) in [4.78, 5) is 38.9. The second kappa shape index (κ2) is 8.60. The van der Waals surface area contributed by atoms with Crippen LogP contribution in [0.1, 0.15) is 17.5 Å². The molecule has 0 saturated heterocycles. The van der Waals surface area contributed by atoms with Gasteiger partial charge in [0.1, 0.15) is 5.41 Å². The lowest BCUT2D eigenvalue weighted by Gasteiger charge is -2.38. The van der Waals surface area contributed by atoms with Crippen LogP contribution in [0.15, 0.2) is 65.2 Å². The lowest BCUT2D eigenvalue weighted by atomic mass is 9.72. The van der Waals surface area contributed by atoms with Crippen molar-refractivity contribution >= 4 is 33.2 Å². The molecule has 8 nitrogen and oxygen atoms in total. The summed E-state index contributed by atoms with van der Waals surface area (Å²) < 4.78 is 63.0. The Labute approximate surface area is 192 Å². The minimum Gasteiger partial charge on any atom is -0.369 e. The Hall–Kier alpha value is -3.67. The van der Waals surface area contributed by atoms with Gasteiger partial charge in [-0.25, -0.2) is 8.42 Å². The number of primary amides is 2. The van der Waals surface area contributed by atoms with Gasteiger partial charge >= 0.3 is 6.18 Å². The number of sulfone groups is 1. The molecule has 1 atom stereocenters. The van der Waals surface area contributed by atoms with E-state index < -0.39 is 51.1 Å². The zero-order valence-electron chi connectivity index (χ0n) is 17.8. The van der Waals surface area contributed by atoms with E-state index >= 15 is 0 Å². The third kappa shape index (κ3) is 4.81. The van der Waals surface area contributed by atoms with Crippen LogP contribution >= 0.6 is 0 Å². The van der Waals surface area contributed by atoms with E-state index in [0.717, 1.165) is 29.5 Å². The fourth-order valence-corrected chi connectivity index (χ4v) is 4.32. The fourth-order valence-electron chi connectivity index (χ4n) is 3.69. The van der Waals surface area contributed by atoms with Gasteiger partial charge in [-0.15, -0.1) is 0 Å². The van der Waals surface area contributed by atoms with E-state index in [1.165, 1.54) is 30.3 Å². The van der Waals surface area contributed by atoms with Gasteiger partial charge in [0.15, 0.2) is 9.84 Å². The first-order chi connectivity index (χ1) is 15.6. The van der Waals surface area contributed by atoms with Gasteiger partial charge in [-0.3, -0.25) is 19.3 Å². The largest absolute Gasteiger partial charge is 0.416 e. The van der Waals surface area contributed by atoms with E-state index in [1.54, 1.807) is 0 Å². The van der Waals surface area contributed by atoms with E-state index in [2.05, 4.69) is 0 Å². The van der Waals surface area contributed by atoms with Crippen molar-refractivity contribution < 1.29 is 36.0 Å². The number of nitrogens with zero attached hydrogens (tertiary/aromatic N) is 1. The van der Waals surface area contributed by atoms with Crippen LogP contribution in [0, 0.1) is 5.41 Å². The molecule has 0 saturated carbocycles. The Morgan fingerprint density at radius 2 is 1.71 bits per heavy atom. The van der Waals surface area contributed by atoms with Gasteiger partial charge in [-0.2, -0.15) is 13.2 Å². The first-order valence-electron chi connectivity index (χ1n) is 9.75. The predicted molar refractivity (Wildman–Crippen MR) is 116 cm³/mol. The summed E-state index contributed by atoms with van der Waals surface area (Å²) >= 11 is 0. The summed E-state index contributed by atoms with van der Waals surface area (Å²) in [6, 6.07) is 9.11. The lowest BCUT2D eigenvalue weighted by Crippen LogP contribution is -2.55. The van der Waals surface area contributed by atoms with Crippen molar-refractivity contribution in [1.29, 1.82) is 0 Å². The normalized spacial score (nSPS) is 19.0. The van der Waals surface area contributed by atoms with E-state index in [4.69, 9.17) is 11.5 Å². The molecule has 2 aromatic rings. The van der Waals surface area contributed by atoms with Crippen molar-refractivity contribution in [3.8, 4) is 0 Å². The van der Waals surface area contributed by atoms with Crippen LogP contribution in [-0.2, 0) is 36.8 Å². The molecule has 1 aliphatic heterocycles. The number of benzene rings is 2. The van der Waals surface area contributed by atoms with E-state index in [-0.39, 0.29) is 22.6 Å². The van der Waals surface area contributed by atoms with Crippen molar-refractivity contribution in [3.05, 3.63) is 71.4 Å². The number of hydrogen-bond donors (Lipinski definition) is 2. The Bertz CT molecular complexity index is 1300. The average Bonchev–Trinajstić information content (AvgIpc) is 2.74. The summed E-state index contributed by atoms with van der Waals surface area (Å²) in [5, 5.41) is 0. The van der Waals surface area contributed by atoms with Crippen LogP contribution in [0.25, 0.3) is 0 Å². The SMILES string of the molecule is CS(=O)(=O)c1ccc(CC2(C(N)=O)CC(C(N)=O)=CN(c3cccc(C(F)(F)F)c3)C2=O)cc1. The predicted octanol–water partition coefficient (Wildman–Crippen LogP) is 1.93. The zero-order valence-corrected chi connectivity index (χ0v) is 18.6. The zero-order chi connectivity index (χ0) is 25.5. The number of rotatable bonds is 6. The minimum absolute atomic E-state index is 0.00246. The molecule has 1 aliphatic rings. The molecule has 180 valence electrons. The summed E-state index contributed by atoms with van der Waals surface area (Å²) in [6.45, 7) is 0. The standard InChI is InChI=1S/C22H20F3N3O5S/c1-34(32,33)17-7-5-13(6-8-17)10-21(19(27)30)11-14(18(26)29)12-28(20(21)31)16-4-2-3-15(9-16)22(23,24)25/h2-9,12H,10-11H2,1H3,(H2,26,29)(H2,27,30). The Balaban J connectivity index is 2.11. The highest BCUT2D eigenvalue weighted by Gasteiger charge is 2.51. The Kier molecular flexibility index (Phi) is 6.31. The van der Waals surface area contributed by atoms with Crippen molar-refractivity contribution in [2.75, 3.05) is 11.2 Å². The number of anilines is 1. The van der Waals surface area contributed by atoms with Crippen molar-refractivity contribution in [3.63, 3.8) is 0 Å². The molecule has 1 heterocycles. The highest BCUT2D eigenvalue weighted by molar-refractivity contribution is 7.90. The van der Waals surface area contributed by atoms with Crippen molar-refractivity contribution in [2.24, 2.45) is 16.9 Å². The number of halogens is 3. The quantitative estimate of drug-likeness (QED) is 0.589. The summed E-state index contributed by atoms with van der Waals surface area (Å²) in [7, 11) is -3.50. The van der Waals surface area contributed by atoms with Crippen LogP contribution in [0.5, 0.6) is 0 Å². The maximum Gasteiger partial charge on any atom is 0.416 e. The molecular weight excluding hydrogens is 475 g/mol. The number of hydrogen-bond acceptors (Lipinski definition) is 5. The van der Waals surface area contributed by atoms with Crippen LogP contribution in [-0.4, -0.2) is 32.4 Å². The van der Waals surface area contributed by atoms with Crippen molar-refractivity contribution in [1.82, 2.24) is 0 Å². The average molecular weight is 495 g/mol. The number of amides is 3. The molecule has 0 radical (unpaired) electrons. The molecule has 0 fully saturated rings. The van der Waals surface area contributed by atoms with Crippen LogP contribution in [0.3, 0.4) is 0 Å². The molecular formula is C22H20F3N3O5S. The maximum atomic E-state index is 13.5. The topological polar surface area (TPSA) is 141 Å². The fraction of sp³-hybridized carbons (Fsp3) is 0.227. The van der Waals surface area contributed by atoms with Gasteiger partial charge in [-0.05, 0) is 42.3 Å². The van der Waals surface area contributed by atoms with Crippen LogP contribution < -0.4 is 16.4 Å². The molecule has 0 bridgehead atoms. The molecule has 2 aromatic carbocycles. The molecule has 4 N–H and O–H groups in total. The minimum atomic E-state index is -4.70. The smallest absolute Gasteiger partial charge is 0.369 e. The lowest BCUT2D eigenvalue weighted by molar-refractivity contribution is -0.141. The van der Waals surface area contributed by atoms with E-state index in [0.29, 0.717) is 11.6 Å². The first kappa shape index (κ1) is 25.0. The highest BCUT2D eigenvalue weighted by atomic mass is 32.2. The summed E-state index contributed by atoms with van der Waals surface area (Å²) in [5.41, 5.74) is 7.80. The molecule has 3 amide bonds. The Morgan fingerprint density at radius 1 is 1.09 bits per heavy atom. The monoisotopic (exact) mass is 495 g/mol. The molecule has 0 spiro atoms. The number of carbonyl (C=O) groups excluding carboxylic acids is 3. The van der Waals surface area contributed by atoms with Gasteiger partial charge in [0, 0.05) is 30.1 Å². The molecule has 0 aromatic heterocycles. The van der Waals surface area contributed by atoms with Gasteiger partial charge < -0.3 is 11.5 Å². The maximum absolute atomic E-state index is 13.5. The van der Waals surface area contributed by atoms with Crippen LogP contribution in [0.4, 0.5) is 18.9 Å². The van der Waals surface area contributed by atoms with Gasteiger partial charge in [0.2, 0.25) is 17.7 Å².